The molecule has 3 aromatic rings. The average Bonchev–Trinajstić information content (AvgIpc) is 3.18. The topological polar surface area (TPSA) is 6.48 Å². The summed E-state index contributed by atoms with van der Waals surface area (Å²) in [6.45, 7) is 2.01. The van der Waals surface area contributed by atoms with E-state index < -0.39 is 0 Å². The van der Waals surface area contributed by atoms with Crippen LogP contribution in [0.4, 0.5) is 5.69 Å². The van der Waals surface area contributed by atoms with Gasteiger partial charge in [0.2, 0.25) is 0 Å². The molecular weight excluding hydrogens is 535 g/mol. The van der Waals surface area contributed by atoms with Crippen LogP contribution in [0.3, 0.4) is 0 Å². The van der Waals surface area contributed by atoms with Crippen LogP contribution in [0.1, 0.15) is 22.3 Å². The number of fused-ring (bicyclic) bond motifs is 4. The molecule has 0 unspecified atom stereocenters. The summed E-state index contributed by atoms with van der Waals surface area (Å²) in [6.07, 6.45) is 8.32. The molecule has 1 aliphatic heterocycles. The maximum Gasteiger partial charge on any atom is 4.00 e. The number of rotatable bonds is 1. The van der Waals surface area contributed by atoms with Gasteiger partial charge in [0.25, 0.3) is 0 Å². The van der Waals surface area contributed by atoms with Crippen LogP contribution in [0.5, 0.6) is 0 Å². The van der Waals surface area contributed by atoms with E-state index in [1.165, 1.54) is 22.3 Å². The van der Waals surface area contributed by atoms with Crippen molar-refractivity contribution in [2.24, 2.45) is 0 Å². The molecule has 0 atom stereocenters. The predicted molar refractivity (Wildman–Crippen MR) is 114 cm³/mol. The van der Waals surface area contributed by atoms with Crippen LogP contribution in [-0.4, -0.2) is 11.9 Å². The zero-order valence-electron chi connectivity index (χ0n) is 16.5. The van der Waals surface area contributed by atoms with Gasteiger partial charge < -0.3 is 9.80 Å². The van der Waals surface area contributed by atoms with E-state index >= 15 is 0 Å². The van der Waals surface area contributed by atoms with Crippen LogP contribution in [0, 0.1) is 24.9 Å². The van der Waals surface area contributed by atoms with Gasteiger partial charge in [0.05, 0.1) is 0 Å². The van der Waals surface area contributed by atoms with E-state index in [2.05, 4.69) is 54.6 Å². The quantitative estimate of drug-likeness (QED) is 0.388. The van der Waals surface area contributed by atoms with E-state index in [0.29, 0.717) is 0 Å². The maximum atomic E-state index is 3.51. The number of benzene rings is 3. The molecule has 0 aromatic heterocycles. The van der Waals surface area contributed by atoms with Crippen LogP contribution in [0.25, 0.3) is 0 Å². The van der Waals surface area contributed by atoms with Crippen molar-refractivity contribution in [3.05, 3.63) is 120 Å². The predicted octanol–water partition coefficient (Wildman–Crippen LogP) is 5.00. The number of hydrogen-bond donors (Lipinski definition) is 0. The van der Waals surface area contributed by atoms with Crippen molar-refractivity contribution in [1.29, 1.82) is 0 Å². The molecule has 1 aliphatic carbocycles. The molecule has 148 valence electrons. The number of nitrogens with zero attached hydrogens (tertiary/aromatic N) is 2. The summed E-state index contributed by atoms with van der Waals surface area (Å²) < 4.78 is 0. The van der Waals surface area contributed by atoms with Gasteiger partial charge in [-0.2, -0.15) is 108 Å². The molecule has 0 amide bonds. The van der Waals surface area contributed by atoms with Crippen molar-refractivity contribution in [2.75, 3.05) is 11.9 Å². The van der Waals surface area contributed by atoms with E-state index in [1.807, 2.05) is 60.2 Å². The molecule has 5 rings (SSSR count). The van der Waals surface area contributed by atoms with Crippen molar-refractivity contribution in [1.82, 2.24) is 4.90 Å². The Bertz CT molecular complexity index is 850. The van der Waals surface area contributed by atoms with Gasteiger partial charge in [-0.25, -0.2) is 0 Å². The van der Waals surface area contributed by atoms with Crippen LogP contribution >= 0.6 is 0 Å². The second-order valence-electron chi connectivity index (χ2n) is 7.14. The van der Waals surface area contributed by atoms with Crippen molar-refractivity contribution in [3.8, 4) is 0 Å². The minimum Gasteiger partial charge on any atom is -0.510 e. The SMILES string of the molecule is CN1C=CN(c2[c-]cccc2)[CH-]1.[Pt+4].[c-]1c2cccc1CCc1[c-]c(ccc1)CC2. The summed E-state index contributed by atoms with van der Waals surface area (Å²) in [5.74, 6) is 0. The van der Waals surface area contributed by atoms with Gasteiger partial charge in [0.15, 0.2) is 0 Å². The van der Waals surface area contributed by atoms with Crippen LogP contribution < -0.4 is 4.90 Å². The van der Waals surface area contributed by atoms with Gasteiger partial charge >= 0.3 is 21.1 Å². The first-order valence-corrected chi connectivity index (χ1v) is 9.77. The standard InChI is InChI=1S/C16H14.C10H10N2.Pt/c1-3-13-7-9-15-5-2-6-16(12-15)10-8-14(4-1)11-13;1-11-7-8-12(9-11)10-5-3-2-4-6-10;/h1-6H,7-10H2;2-5,7-9H,1H3;/q2*-2;+4. The minimum atomic E-state index is 0. The maximum absolute atomic E-state index is 3.51. The monoisotopic (exact) mass is 559 g/mol. The fraction of sp³-hybridized carbons (Fsp3) is 0.192. The number of hydrogen-bond acceptors (Lipinski definition) is 2. The van der Waals surface area contributed by atoms with Gasteiger partial charge in [-0.15, -0.1) is 5.69 Å². The zero-order chi connectivity index (χ0) is 19.2. The Morgan fingerprint density at radius 2 is 1.28 bits per heavy atom. The van der Waals surface area contributed by atoms with Gasteiger partial charge in [-0.1, -0.05) is 0 Å². The second-order valence-corrected chi connectivity index (χ2v) is 7.14. The summed E-state index contributed by atoms with van der Waals surface area (Å²) in [6, 6.07) is 31.1. The molecule has 0 spiro atoms. The molecule has 0 fully saturated rings. The van der Waals surface area contributed by atoms with Gasteiger partial charge in [-0.3, -0.25) is 0 Å². The van der Waals surface area contributed by atoms with Crippen LogP contribution in [0.15, 0.2) is 73.1 Å². The number of aryl methyl sites for hydroxylation is 4. The molecule has 0 N–H and O–H groups in total. The van der Waals surface area contributed by atoms with Gasteiger partial charge in [-0.05, 0) is 45.1 Å². The number of anilines is 1. The molecule has 0 radical (unpaired) electrons. The van der Waals surface area contributed by atoms with Crippen molar-refractivity contribution in [3.63, 3.8) is 0 Å². The zero-order valence-corrected chi connectivity index (χ0v) is 18.8. The van der Waals surface area contributed by atoms with E-state index in [1.54, 1.807) is 0 Å². The van der Waals surface area contributed by atoms with Crippen LogP contribution in [0.2, 0.25) is 0 Å². The van der Waals surface area contributed by atoms with E-state index in [4.69, 9.17) is 0 Å². The van der Waals surface area contributed by atoms with Crippen LogP contribution in [-0.2, 0) is 46.7 Å². The average molecular weight is 560 g/mol. The molecule has 0 saturated carbocycles. The number of para-hydroxylation sites is 1. The van der Waals surface area contributed by atoms with E-state index in [-0.39, 0.29) is 21.1 Å². The van der Waals surface area contributed by atoms with Gasteiger partial charge in [0.1, 0.15) is 0 Å². The smallest absolute Gasteiger partial charge is 0.510 e. The van der Waals surface area contributed by atoms with Crippen molar-refractivity contribution in [2.45, 2.75) is 25.7 Å². The van der Waals surface area contributed by atoms with Gasteiger partial charge in [0, 0.05) is 0 Å². The van der Waals surface area contributed by atoms with E-state index in [9.17, 15) is 0 Å². The molecule has 2 nitrogen and oxygen atoms in total. The third-order valence-corrected chi connectivity index (χ3v) is 4.90. The third-order valence-electron chi connectivity index (χ3n) is 4.90. The van der Waals surface area contributed by atoms with E-state index in [0.717, 1.165) is 31.4 Å². The first-order valence-electron chi connectivity index (χ1n) is 9.77. The fourth-order valence-corrected chi connectivity index (χ4v) is 3.40. The summed E-state index contributed by atoms with van der Waals surface area (Å²) in [5, 5.41) is 0. The summed E-state index contributed by atoms with van der Waals surface area (Å²) in [7, 11) is 2.00. The molecule has 4 bridgehead atoms. The Morgan fingerprint density at radius 1 is 0.724 bits per heavy atom. The molecule has 0 saturated heterocycles. The molecular formula is C26H24N2Pt. The Balaban J connectivity index is 0.000000167. The Kier molecular flexibility index (Phi) is 7.72. The second kappa shape index (κ2) is 10.5. The molecule has 1 heterocycles. The summed E-state index contributed by atoms with van der Waals surface area (Å²) in [4.78, 5) is 4.03. The van der Waals surface area contributed by atoms with Crippen molar-refractivity contribution < 1.29 is 21.1 Å². The Morgan fingerprint density at radius 3 is 1.69 bits per heavy atom. The Hall–Kier alpha value is -2.31. The first kappa shape index (κ1) is 21.4. The minimum absolute atomic E-state index is 0. The fourth-order valence-electron chi connectivity index (χ4n) is 3.40. The summed E-state index contributed by atoms with van der Waals surface area (Å²) in [5.41, 5.74) is 6.39. The largest absolute Gasteiger partial charge is 4.00 e. The molecule has 3 aromatic carbocycles. The molecule has 3 heteroatoms. The Labute approximate surface area is 189 Å². The summed E-state index contributed by atoms with van der Waals surface area (Å²) >= 11 is 0. The third kappa shape index (κ3) is 6.08. The molecule has 2 aliphatic rings. The first-order chi connectivity index (χ1) is 13.8. The van der Waals surface area contributed by atoms with Crippen molar-refractivity contribution >= 4 is 5.69 Å². The normalized spacial score (nSPS) is 14.5. The molecule has 29 heavy (non-hydrogen) atoms.